The first-order valence-electron chi connectivity index (χ1n) is 4.06. The van der Waals surface area contributed by atoms with Crippen LogP contribution in [-0.4, -0.2) is 11.9 Å². The van der Waals surface area contributed by atoms with Gasteiger partial charge < -0.3 is 5.73 Å². The van der Waals surface area contributed by atoms with Gasteiger partial charge in [-0.3, -0.25) is 10.1 Å². The molecular weight excluding hydrogens is 326 g/mol. The summed E-state index contributed by atoms with van der Waals surface area (Å²) in [6.45, 7) is 1.37. The van der Waals surface area contributed by atoms with Crippen molar-refractivity contribution < 1.29 is 4.79 Å². The van der Waals surface area contributed by atoms with Gasteiger partial charge in [-0.2, -0.15) is 0 Å². The number of hydrogen-bond acceptors (Lipinski definition) is 2. The Balaban J connectivity index is 2.92. The standard InChI is InChI=1S/C9H9Br2N3O/c1-5(15)13-9(12)14-8-3-2-6(10)4-7(8)11/h2-4H,1H3,(H3,12,13,14,15). The molecule has 1 aromatic rings. The molecule has 80 valence electrons. The normalized spacial score (nSPS) is 11.3. The first kappa shape index (κ1) is 12.2. The number of carbonyl (C=O) groups excluding carboxylic acids is 1. The number of nitrogens with zero attached hydrogens (tertiary/aromatic N) is 1. The van der Waals surface area contributed by atoms with E-state index in [1.165, 1.54) is 6.92 Å². The quantitative estimate of drug-likeness (QED) is 0.611. The van der Waals surface area contributed by atoms with Crippen molar-refractivity contribution in [2.45, 2.75) is 6.92 Å². The van der Waals surface area contributed by atoms with E-state index in [1.54, 1.807) is 6.07 Å². The molecule has 3 N–H and O–H groups in total. The third-order valence-corrected chi connectivity index (χ3v) is 2.58. The van der Waals surface area contributed by atoms with Crippen molar-refractivity contribution in [2.24, 2.45) is 10.7 Å². The van der Waals surface area contributed by atoms with Gasteiger partial charge in [0.1, 0.15) is 0 Å². The highest BCUT2D eigenvalue weighted by Crippen LogP contribution is 2.28. The van der Waals surface area contributed by atoms with Crippen molar-refractivity contribution in [3.8, 4) is 0 Å². The monoisotopic (exact) mass is 333 g/mol. The van der Waals surface area contributed by atoms with Gasteiger partial charge in [0.05, 0.1) is 5.69 Å². The highest BCUT2D eigenvalue weighted by Gasteiger charge is 2.01. The predicted molar refractivity (Wildman–Crippen MR) is 66.9 cm³/mol. The molecule has 4 nitrogen and oxygen atoms in total. The molecule has 0 aromatic heterocycles. The van der Waals surface area contributed by atoms with Crippen LogP contribution in [0.15, 0.2) is 32.1 Å². The summed E-state index contributed by atoms with van der Waals surface area (Å²) in [5.74, 6) is -0.171. The van der Waals surface area contributed by atoms with Crippen LogP contribution < -0.4 is 11.1 Å². The Morgan fingerprint density at radius 2 is 2.13 bits per heavy atom. The number of benzene rings is 1. The Morgan fingerprint density at radius 1 is 1.47 bits per heavy atom. The number of nitrogens with one attached hydrogen (secondary N) is 1. The van der Waals surface area contributed by atoms with Crippen molar-refractivity contribution >= 4 is 49.4 Å². The smallest absolute Gasteiger partial charge is 0.223 e. The lowest BCUT2D eigenvalue weighted by Crippen LogP contribution is -2.34. The molecule has 15 heavy (non-hydrogen) atoms. The van der Waals surface area contributed by atoms with Crippen molar-refractivity contribution in [1.82, 2.24) is 5.32 Å². The van der Waals surface area contributed by atoms with Gasteiger partial charge in [-0.05, 0) is 34.1 Å². The Kier molecular flexibility index (Phi) is 4.28. The third kappa shape index (κ3) is 4.01. The minimum absolute atomic E-state index is 0.0746. The molecule has 0 atom stereocenters. The minimum atomic E-state index is -0.246. The van der Waals surface area contributed by atoms with Crippen molar-refractivity contribution in [3.63, 3.8) is 0 Å². The zero-order chi connectivity index (χ0) is 11.4. The molecule has 1 rings (SSSR count). The summed E-state index contributed by atoms with van der Waals surface area (Å²) >= 11 is 6.66. The Hall–Kier alpha value is -0.880. The third-order valence-electron chi connectivity index (χ3n) is 1.45. The van der Waals surface area contributed by atoms with E-state index in [4.69, 9.17) is 5.73 Å². The summed E-state index contributed by atoms with van der Waals surface area (Å²) in [4.78, 5) is 14.7. The summed E-state index contributed by atoms with van der Waals surface area (Å²) in [5, 5.41) is 2.39. The first-order valence-corrected chi connectivity index (χ1v) is 5.64. The number of aliphatic imine (C=N–C) groups is 1. The molecule has 0 unspecified atom stereocenters. The highest BCUT2D eigenvalue weighted by atomic mass is 79.9. The van der Waals surface area contributed by atoms with E-state index < -0.39 is 0 Å². The van der Waals surface area contributed by atoms with E-state index in [2.05, 4.69) is 42.2 Å². The lowest BCUT2D eigenvalue weighted by Gasteiger charge is -2.02. The van der Waals surface area contributed by atoms with Crippen molar-refractivity contribution in [1.29, 1.82) is 0 Å². The molecule has 0 aliphatic carbocycles. The fourth-order valence-corrected chi connectivity index (χ4v) is 2.05. The molecule has 6 heteroatoms. The molecule has 0 bridgehead atoms. The summed E-state index contributed by atoms with van der Waals surface area (Å²) in [6, 6.07) is 5.47. The van der Waals surface area contributed by atoms with Crippen LogP contribution in [0.2, 0.25) is 0 Å². The Labute approximate surface area is 104 Å². The Morgan fingerprint density at radius 3 is 2.67 bits per heavy atom. The van der Waals surface area contributed by atoms with E-state index in [-0.39, 0.29) is 11.9 Å². The maximum absolute atomic E-state index is 10.7. The molecule has 0 saturated carbocycles. The van der Waals surface area contributed by atoms with E-state index in [0.717, 1.165) is 8.95 Å². The second kappa shape index (κ2) is 5.27. The molecule has 0 saturated heterocycles. The molecule has 0 heterocycles. The number of halogens is 2. The van der Waals surface area contributed by atoms with Gasteiger partial charge in [-0.25, -0.2) is 4.99 Å². The average Bonchev–Trinajstić information content (AvgIpc) is 2.08. The highest BCUT2D eigenvalue weighted by molar-refractivity contribution is 9.11. The summed E-state index contributed by atoms with van der Waals surface area (Å²) in [7, 11) is 0. The average molecular weight is 335 g/mol. The van der Waals surface area contributed by atoms with Crippen LogP contribution in [0.25, 0.3) is 0 Å². The topological polar surface area (TPSA) is 67.5 Å². The van der Waals surface area contributed by atoms with E-state index in [0.29, 0.717) is 5.69 Å². The molecule has 0 radical (unpaired) electrons. The number of nitrogens with two attached hydrogens (primary N) is 1. The van der Waals surface area contributed by atoms with Crippen LogP contribution in [-0.2, 0) is 4.79 Å². The van der Waals surface area contributed by atoms with Crippen molar-refractivity contribution in [3.05, 3.63) is 27.1 Å². The maximum Gasteiger partial charge on any atom is 0.223 e. The number of carbonyl (C=O) groups is 1. The molecule has 0 aliphatic heterocycles. The second-order valence-electron chi connectivity index (χ2n) is 2.77. The lowest BCUT2D eigenvalue weighted by molar-refractivity contribution is -0.117. The van der Waals surface area contributed by atoms with Crippen LogP contribution in [0.4, 0.5) is 5.69 Å². The SMILES string of the molecule is CC(=O)NC(N)=Nc1ccc(Br)cc1Br. The van der Waals surface area contributed by atoms with Gasteiger partial charge in [-0.15, -0.1) is 0 Å². The zero-order valence-corrected chi connectivity index (χ0v) is 11.1. The number of rotatable bonds is 1. The zero-order valence-electron chi connectivity index (χ0n) is 7.92. The van der Waals surface area contributed by atoms with Crippen molar-refractivity contribution in [2.75, 3.05) is 0 Å². The molecular formula is C9H9Br2N3O. The van der Waals surface area contributed by atoms with Gasteiger partial charge in [0.15, 0.2) is 0 Å². The van der Waals surface area contributed by atoms with E-state index in [9.17, 15) is 4.79 Å². The molecule has 0 spiro atoms. The van der Waals surface area contributed by atoms with Gasteiger partial charge in [0.2, 0.25) is 11.9 Å². The molecule has 0 aliphatic rings. The van der Waals surface area contributed by atoms with Gasteiger partial charge in [0, 0.05) is 15.9 Å². The molecule has 0 fully saturated rings. The van der Waals surface area contributed by atoms with Gasteiger partial charge >= 0.3 is 0 Å². The number of hydrogen-bond donors (Lipinski definition) is 2. The fourth-order valence-electron chi connectivity index (χ4n) is 0.910. The van der Waals surface area contributed by atoms with Gasteiger partial charge in [-0.1, -0.05) is 15.9 Å². The largest absolute Gasteiger partial charge is 0.369 e. The summed E-state index contributed by atoms with van der Waals surface area (Å²) in [6.07, 6.45) is 0. The van der Waals surface area contributed by atoms with Crippen LogP contribution in [0.1, 0.15) is 6.92 Å². The maximum atomic E-state index is 10.7. The van der Waals surface area contributed by atoms with Crippen LogP contribution in [0.5, 0.6) is 0 Å². The number of amides is 1. The lowest BCUT2D eigenvalue weighted by atomic mass is 10.3. The van der Waals surface area contributed by atoms with E-state index >= 15 is 0 Å². The van der Waals surface area contributed by atoms with Crippen LogP contribution in [0.3, 0.4) is 0 Å². The number of guanidine groups is 1. The molecule has 1 amide bonds. The molecule has 1 aromatic carbocycles. The predicted octanol–water partition coefficient (Wildman–Crippen LogP) is 2.29. The summed E-state index contributed by atoms with van der Waals surface area (Å²) < 4.78 is 1.73. The first-order chi connectivity index (χ1) is 6.99. The van der Waals surface area contributed by atoms with Gasteiger partial charge in [0.25, 0.3) is 0 Å². The minimum Gasteiger partial charge on any atom is -0.369 e. The second-order valence-corrected chi connectivity index (χ2v) is 4.54. The van der Waals surface area contributed by atoms with Crippen LogP contribution >= 0.6 is 31.9 Å². The fraction of sp³-hybridized carbons (Fsp3) is 0.111. The van der Waals surface area contributed by atoms with Crippen LogP contribution in [0, 0.1) is 0 Å². The Bertz CT molecular complexity index is 418. The summed E-state index contributed by atoms with van der Waals surface area (Å²) in [5.41, 5.74) is 6.16. The van der Waals surface area contributed by atoms with E-state index in [1.807, 2.05) is 12.1 Å².